The Kier molecular flexibility index (Phi) is 8.56. The summed E-state index contributed by atoms with van der Waals surface area (Å²) in [5.74, 6) is 0.0667. The van der Waals surface area contributed by atoms with Gasteiger partial charge in [0.1, 0.15) is 0 Å². The fourth-order valence-corrected chi connectivity index (χ4v) is 2.61. The molecular weight excluding hydrogens is 290 g/mol. The molecule has 1 fully saturated rings. The molecule has 0 aliphatic carbocycles. The minimum atomic E-state index is -3.14. The SMILES string of the molecule is CCS(=O)(=O)NCCCC(N)C(=O)N1CCCC1.Cl. The highest BCUT2D eigenvalue weighted by molar-refractivity contribution is 7.89. The molecule has 1 aliphatic rings. The Morgan fingerprint density at radius 1 is 1.37 bits per heavy atom. The van der Waals surface area contributed by atoms with Crippen LogP contribution in [0.15, 0.2) is 0 Å². The minimum absolute atomic E-state index is 0. The van der Waals surface area contributed by atoms with Crippen molar-refractivity contribution in [2.45, 2.75) is 38.6 Å². The van der Waals surface area contributed by atoms with E-state index < -0.39 is 16.1 Å². The van der Waals surface area contributed by atoms with Crippen molar-refractivity contribution in [1.82, 2.24) is 9.62 Å². The molecular formula is C11H24ClN3O3S. The number of nitrogens with zero attached hydrogens (tertiary/aromatic N) is 1. The zero-order valence-corrected chi connectivity index (χ0v) is 12.9. The van der Waals surface area contributed by atoms with Crippen molar-refractivity contribution in [2.75, 3.05) is 25.4 Å². The lowest BCUT2D eigenvalue weighted by molar-refractivity contribution is -0.131. The third-order valence-corrected chi connectivity index (χ3v) is 4.53. The van der Waals surface area contributed by atoms with Gasteiger partial charge in [-0.05, 0) is 32.6 Å². The van der Waals surface area contributed by atoms with Crippen LogP contribution in [0.3, 0.4) is 0 Å². The largest absolute Gasteiger partial charge is 0.341 e. The molecule has 0 radical (unpaired) electrons. The molecule has 0 bridgehead atoms. The van der Waals surface area contributed by atoms with Crippen LogP contribution in [0, 0.1) is 0 Å². The molecule has 19 heavy (non-hydrogen) atoms. The lowest BCUT2D eigenvalue weighted by atomic mass is 10.1. The predicted molar refractivity (Wildman–Crippen MR) is 77.7 cm³/mol. The molecule has 8 heteroatoms. The normalized spacial score (nSPS) is 17.1. The van der Waals surface area contributed by atoms with E-state index in [9.17, 15) is 13.2 Å². The molecule has 0 spiro atoms. The van der Waals surface area contributed by atoms with Crippen LogP contribution < -0.4 is 10.5 Å². The number of carbonyl (C=O) groups excluding carboxylic acids is 1. The molecule has 0 aromatic heterocycles. The molecule has 0 aromatic rings. The molecule has 114 valence electrons. The molecule has 0 saturated carbocycles. The van der Waals surface area contributed by atoms with E-state index >= 15 is 0 Å². The van der Waals surface area contributed by atoms with Gasteiger partial charge < -0.3 is 10.6 Å². The van der Waals surface area contributed by atoms with Crippen LogP contribution in [0.1, 0.15) is 32.6 Å². The number of halogens is 1. The van der Waals surface area contributed by atoms with E-state index in [-0.39, 0.29) is 24.1 Å². The fourth-order valence-electron chi connectivity index (χ4n) is 1.95. The average molecular weight is 314 g/mol. The Balaban J connectivity index is 0.00000324. The second-order valence-corrected chi connectivity index (χ2v) is 6.67. The Hall–Kier alpha value is -0.370. The zero-order valence-electron chi connectivity index (χ0n) is 11.3. The molecule has 1 rings (SSSR count). The van der Waals surface area contributed by atoms with Crippen LogP contribution in [0.4, 0.5) is 0 Å². The van der Waals surface area contributed by atoms with Gasteiger partial charge in [0.15, 0.2) is 0 Å². The smallest absolute Gasteiger partial charge is 0.239 e. The van der Waals surface area contributed by atoms with Crippen LogP contribution in [0.2, 0.25) is 0 Å². The Labute approximate surface area is 121 Å². The molecule has 1 atom stereocenters. The first-order valence-electron chi connectivity index (χ1n) is 6.48. The van der Waals surface area contributed by atoms with Gasteiger partial charge in [0, 0.05) is 19.6 Å². The Morgan fingerprint density at radius 3 is 2.47 bits per heavy atom. The number of amides is 1. The van der Waals surface area contributed by atoms with E-state index in [0.29, 0.717) is 19.4 Å². The first kappa shape index (κ1) is 18.6. The summed E-state index contributed by atoms with van der Waals surface area (Å²) in [6, 6.07) is -0.505. The van der Waals surface area contributed by atoms with E-state index in [2.05, 4.69) is 4.72 Å². The number of hydrogen-bond donors (Lipinski definition) is 2. The molecule has 3 N–H and O–H groups in total. The van der Waals surface area contributed by atoms with Crippen LogP contribution >= 0.6 is 12.4 Å². The number of carbonyl (C=O) groups is 1. The van der Waals surface area contributed by atoms with Crippen LogP contribution in [-0.2, 0) is 14.8 Å². The summed E-state index contributed by atoms with van der Waals surface area (Å²) in [7, 11) is -3.14. The van der Waals surface area contributed by atoms with Gasteiger partial charge in [-0.3, -0.25) is 4.79 Å². The first-order chi connectivity index (χ1) is 8.46. The lowest BCUT2D eigenvalue weighted by Crippen LogP contribution is -2.42. The highest BCUT2D eigenvalue weighted by Crippen LogP contribution is 2.10. The van der Waals surface area contributed by atoms with Crippen molar-refractivity contribution in [2.24, 2.45) is 5.73 Å². The lowest BCUT2D eigenvalue weighted by Gasteiger charge is -2.20. The summed E-state index contributed by atoms with van der Waals surface area (Å²) in [6.07, 6.45) is 3.20. The van der Waals surface area contributed by atoms with Gasteiger partial charge in [-0.15, -0.1) is 12.4 Å². The second-order valence-electron chi connectivity index (χ2n) is 4.58. The Morgan fingerprint density at radius 2 is 1.95 bits per heavy atom. The average Bonchev–Trinajstić information content (AvgIpc) is 2.87. The van der Waals surface area contributed by atoms with Crippen molar-refractivity contribution in [3.8, 4) is 0 Å². The zero-order chi connectivity index (χ0) is 13.6. The maximum atomic E-state index is 11.9. The third-order valence-electron chi connectivity index (χ3n) is 3.13. The van der Waals surface area contributed by atoms with E-state index in [4.69, 9.17) is 5.73 Å². The van der Waals surface area contributed by atoms with Gasteiger partial charge in [0.25, 0.3) is 0 Å². The topological polar surface area (TPSA) is 92.5 Å². The summed E-state index contributed by atoms with van der Waals surface area (Å²) >= 11 is 0. The van der Waals surface area contributed by atoms with E-state index in [1.807, 2.05) is 0 Å². The third kappa shape index (κ3) is 6.56. The summed E-state index contributed by atoms with van der Waals surface area (Å²) in [6.45, 7) is 3.53. The van der Waals surface area contributed by atoms with Crippen LogP contribution in [-0.4, -0.2) is 50.7 Å². The number of rotatable bonds is 7. The number of sulfonamides is 1. The van der Waals surface area contributed by atoms with Crippen molar-refractivity contribution in [3.05, 3.63) is 0 Å². The van der Waals surface area contributed by atoms with Crippen molar-refractivity contribution >= 4 is 28.3 Å². The summed E-state index contributed by atoms with van der Waals surface area (Å²) in [4.78, 5) is 13.6. The number of hydrogen-bond acceptors (Lipinski definition) is 4. The standard InChI is InChI=1S/C11H23N3O3S.ClH/c1-2-18(16,17)13-7-5-6-10(12)11(15)14-8-3-4-9-14;/h10,13H,2-9,12H2,1H3;1H. The van der Waals surface area contributed by atoms with Crippen LogP contribution in [0.5, 0.6) is 0 Å². The molecule has 1 unspecified atom stereocenters. The maximum absolute atomic E-state index is 11.9. The molecule has 1 heterocycles. The number of nitrogens with one attached hydrogen (secondary N) is 1. The fraction of sp³-hybridized carbons (Fsp3) is 0.909. The first-order valence-corrected chi connectivity index (χ1v) is 8.13. The highest BCUT2D eigenvalue weighted by atomic mass is 35.5. The predicted octanol–water partition coefficient (Wildman–Crippen LogP) is 0.0774. The van der Waals surface area contributed by atoms with Gasteiger partial charge >= 0.3 is 0 Å². The van der Waals surface area contributed by atoms with Gasteiger partial charge in [0.2, 0.25) is 15.9 Å². The minimum Gasteiger partial charge on any atom is -0.341 e. The van der Waals surface area contributed by atoms with E-state index in [1.54, 1.807) is 11.8 Å². The molecule has 0 aromatic carbocycles. The van der Waals surface area contributed by atoms with Crippen LogP contribution in [0.25, 0.3) is 0 Å². The molecule has 1 saturated heterocycles. The number of nitrogens with two attached hydrogens (primary N) is 1. The monoisotopic (exact) mass is 313 g/mol. The second kappa shape index (κ2) is 8.73. The van der Waals surface area contributed by atoms with E-state index in [0.717, 1.165) is 25.9 Å². The summed E-state index contributed by atoms with van der Waals surface area (Å²) in [5, 5.41) is 0. The van der Waals surface area contributed by atoms with Crippen molar-refractivity contribution in [3.63, 3.8) is 0 Å². The highest BCUT2D eigenvalue weighted by Gasteiger charge is 2.23. The van der Waals surface area contributed by atoms with Crippen molar-refractivity contribution in [1.29, 1.82) is 0 Å². The van der Waals surface area contributed by atoms with E-state index in [1.165, 1.54) is 0 Å². The molecule has 6 nitrogen and oxygen atoms in total. The Bertz CT molecular complexity index is 369. The maximum Gasteiger partial charge on any atom is 0.239 e. The quantitative estimate of drug-likeness (QED) is 0.651. The molecule has 1 amide bonds. The van der Waals surface area contributed by atoms with Gasteiger partial charge in [-0.1, -0.05) is 0 Å². The van der Waals surface area contributed by atoms with Gasteiger partial charge in [-0.2, -0.15) is 0 Å². The van der Waals surface area contributed by atoms with Gasteiger partial charge in [-0.25, -0.2) is 13.1 Å². The number of likely N-dealkylation sites (tertiary alicyclic amines) is 1. The molecule has 1 aliphatic heterocycles. The summed E-state index contributed by atoms with van der Waals surface area (Å²) in [5.41, 5.74) is 5.81. The summed E-state index contributed by atoms with van der Waals surface area (Å²) < 4.78 is 24.8. The van der Waals surface area contributed by atoms with Gasteiger partial charge in [0.05, 0.1) is 11.8 Å². The van der Waals surface area contributed by atoms with Crippen molar-refractivity contribution < 1.29 is 13.2 Å².